The lowest BCUT2D eigenvalue weighted by molar-refractivity contribution is 0.0740. The van der Waals surface area contributed by atoms with Gasteiger partial charge in [0.15, 0.2) is 0 Å². The zero-order valence-electron chi connectivity index (χ0n) is 18.7. The minimum absolute atomic E-state index is 0.0344. The number of H-pyrrole nitrogens is 1. The summed E-state index contributed by atoms with van der Waals surface area (Å²) in [7, 11) is 1.68. The van der Waals surface area contributed by atoms with Crippen LogP contribution < -0.4 is 14.4 Å². The molecule has 0 aliphatic carbocycles. The average Bonchev–Trinajstić information content (AvgIpc) is 3.34. The predicted octanol–water partition coefficient (Wildman–Crippen LogP) is 4.23. The Hall–Kier alpha value is -3.48. The van der Waals surface area contributed by atoms with Gasteiger partial charge < -0.3 is 19.3 Å². The molecule has 32 heavy (non-hydrogen) atoms. The molecule has 0 unspecified atom stereocenters. The van der Waals surface area contributed by atoms with Crippen molar-refractivity contribution in [3.63, 3.8) is 0 Å². The Balaban J connectivity index is 1.42. The van der Waals surface area contributed by atoms with Crippen molar-refractivity contribution in [3.05, 3.63) is 60.3 Å². The number of carbonyl (C=O) groups is 1. The highest BCUT2D eigenvalue weighted by molar-refractivity contribution is 5.93. The van der Waals surface area contributed by atoms with Gasteiger partial charge in [0.2, 0.25) is 0 Å². The van der Waals surface area contributed by atoms with Crippen LogP contribution >= 0.6 is 0 Å². The number of nitrogens with zero attached hydrogens (tertiary/aromatic N) is 3. The number of ether oxygens (including phenoxy) is 2. The maximum atomic E-state index is 13.1. The fourth-order valence-corrected chi connectivity index (χ4v) is 3.91. The maximum absolute atomic E-state index is 13.1. The van der Waals surface area contributed by atoms with Crippen LogP contribution in [0.4, 0.5) is 5.69 Å². The molecular weight excluding hydrogens is 404 g/mol. The van der Waals surface area contributed by atoms with E-state index in [0.29, 0.717) is 31.1 Å². The second-order valence-electron chi connectivity index (χ2n) is 7.82. The van der Waals surface area contributed by atoms with E-state index in [4.69, 9.17) is 9.47 Å². The van der Waals surface area contributed by atoms with Crippen molar-refractivity contribution in [3.8, 4) is 22.8 Å². The number of unbranched alkanes of at least 4 members (excludes halogenated alkanes) is 1. The molecule has 1 fully saturated rings. The lowest BCUT2D eigenvalue weighted by Gasteiger charge is -2.36. The molecule has 7 nitrogen and oxygen atoms in total. The summed E-state index contributed by atoms with van der Waals surface area (Å²) < 4.78 is 11.4. The Morgan fingerprint density at radius 1 is 1.03 bits per heavy atom. The van der Waals surface area contributed by atoms with Crippen LogP contribution in [0.15, 0.2) is 54.6 Å². The van der Waals surface area contributed by atoms with Crippen molar-refractivity contribution in [1.82, 2.24) is 15.1 Å². The van der Waals surface area contributed by atoms with E-state index in [2.05, 4.69) is 28.1 Å². The van der Waals surface area contributed by atoms with Gasteiger partial charge in [-0.3, -0.25) is 9.89 Å². The average molecular weight is 435 g/mol. The summed E-state index contributed by atoms with van der Waals surface area (Å²) in [6, 6.07) is 17.6. The number of piperazine rings is 1. The van der Waals surface area contributed by atoms with Gasteiger partial charge in [0.25, 0.3) is 5.91 Å². The van der Waals surface area contributed by atoms with Gasteiger partial charge in [0.1, 0.15) is 17.2 Å². The third-order valence-electron chi connectivity index (χ3n) is 5.72. The summed E-state index contributed by atoms with van der Waals surface area (Å²) in [6.07, 6.45) is 2.08. The number of benzene rings is 2. The molecule has 0 radical (unpaired) electrons. The second kappa shape index (κ2) is 10.2. The van der Waals surface area contributed by atoms with E-state index in [1.54, 1.807) is 7.11 Å². The minimum Gasteiger partial charge on any atom is -0.495 e. The van der Waals surface area contributed by atoms with Gasteiger partial charge in [-0.25, -0.2) is 0 Å². The van der Waals surface area contributed by atoms with Gasteiger partial charge in [-0.05, 0) is 36.8 Å². The number of nitrogens with one attached hydrogen (secondary N) is 1. The third-order valence-corrected chi connectivity index (χ3v) is 5.72. The predicted molar refractivity (Wildman–Crippen MR) is 126 cm³/mol. The van der Waals surface area contributed by atoms with Gasteiger partial charge in [0.05, 0.1) is 25.1 Å². The summed E-state index contributed by atoms with van der Waals surface area (Å²) in [5.74, 6) is 1.61. The van der Waals surface area contributed by atoms with Gasteiger partial charge >= 0.3 is 0 Å². The summed E-state index contributed by atoms with van der Waals surface area (Å²) >= 11 is 0. The molecule has 2 aromatic carbocycles. The molecule has 4 rings (SSSR count). The SMILES string of the molecule is CCCCOc1ccccc1-c1cc(C(=O)N2CCN(c3ccccc3OC)CC2)[nH]n1. The van der Waals surface area contributed by atoms with Crippen LogP contribution in [0.1, 0.15) is 30.3 Å². The molecule has 2 heterocycles. The lowest BCUT2D eigenvalue weighted by atomic mass is 10.1. The van der Waals surface area contributed by atoms with E-state index in [-0.39, 0.29) is 5.91 Å². The van der Waals surface area contributed by atoms with Crippen molar-refractivity contribution in [1.29, 1.82) is 0 Å². The smallest absolute Gasteiger partial charge is 0.272 e. The number of aromatic nitrogens is 2. The van der Waals surface area contributed by atoms with Crippen LogP contribution in [0.25, 0.3) is 11.3 Å². The Labute approximate surface area is 188 Å². The highest BCUT2D eigenvalue weighted by Crippen LogP contribution is 2.30. The summed E-state index contributed by atoms with van der Waals surface area (Å²) in [5.41, 5.74) is 3.16. The number of hydrogen-bond donors (Lipinski definition) is 1. The van der Waals surface area contributed by atoms with Crippen LogP contribution in [-0.2, 0) is 0 Å². The van der Waals surface area contributed by atoms with Crippen LogP contribution in [0.2, 0.25) is 0 Å². The molecule has 1 N–H and O–H groups in total. The molecule has 0 spiro atoms. The summed E-state index contributed by atoms with van der Waals surface area (Å²) in [4.78, 5) is 17.2. The zero-order valence-corrected chi connectivity index (χ0v) is 18.7. The zero-order chi connectivity index (χ0) is 22.3. The van der Waals surface area contributed by atoms with Crippen molar-refractivity contribution in [2.75, 3.05) is 44.8 Å². The fourth-order valence-electron chi connectivity index (χ4n) is 3.91. The third kappa shape index (κ3) is 4.72. The standard InChI is InChI=1S/C25H30N4O3/c1-3-4-17-32-23-11-7-5-9-19(23)20-18-21(27-26-20)25(30)29-15-13-28(14-16-29)22-10-6-8-12-24(22)31-2/h5-12,18H,3-4,13-17H2,1-2H3,(H,26,27). The van der Waals surface area contributed by atoms with Crippen molar-refractivity contribution in [2.45, 2.75) is 19.8 Å². The number of hydrogen-bond acceptors (Lipinski definition) is 5. The van der Waals surface area contributed by atoms with Gasteiger partial charge in [-0.1, -0.05) is 37.6 Å². The molecule has 0 saturated carbocycles. The number of anilines is 1. The molecule has 1 aliphatic rings. The summed E-state index contributed by atoms with van der Waals surface area (Å²) in [5, 5.41) is 7.32. The van der Waals surface area contributed by atoms with E-state index < -0.39 is 0 Å². The van der Waals surface area contributed by atoms with Crippen molar-refractivity contribution < 1.29 is 14.3 Å². The van der Waals surface area contributed by atoms with Crippen LogP contribution in [0, 0.1) is 0 Å². The number of methoxy groups -OCH3 is 1. The van der Waals surface area contributed by atoms with Crippen LogP contribution in [0.5, 0.6) is 11.5 Å². The number of para-hydroxylation sites is 3. The lowest BCUT2D eigenvalue weighted by Crippen LogP contribution is -2.49. The first-order chi connectivity index (χ1) is 15.7. The number of amides is 1. The molecule has 1 aliphatic heterocycles. The molecule has 3 aromatic rings. The second-order valence-corrected chi connectivity index (χ2v) is 7.82. The maximum Gasteiger partial charge on any atom is 0.272 e. The Morgan fingerprint density at radius 2 is 1.75 bits per heavy atom. The van der Waals surface area contributed by atoms with E-state index in [1.807, 2.05) is 53.4 Å². The topological polar surface area (TPSA) is 70.7 Å². The number of rotatable bonds is 8. The van der Waals surface area contributed by atoms with Gasteiger partial charge in [-0.15, -0.1) is 0 Å². The Bertz CT molecular complexity index is 1040. The van der Waals surface area contributed by atoms with Crippen molar-refractivity contribution >= 4 is 11.6 Å². The van der Waals surface area contributed by atoms with Crippen molar-refractivity contribution in [2.24, 2.45) is 0 Å². The quantitative estimate of drug-likeness (QED) is 0.538. The Morgan fingerprint density at radius 3 is 2.50 bits per heavy atom. The summed E-state index contributed by atoms with van der Waals surface area (Å²) in [6.45, 7) is 5.59. The number of aromatic amines is 1. The first-order valence-electron chi connectivity index (χ1n) is 11.2. The van der Waals surface area contributed by atoms with Crippen LogP contribution in [0.3, 0.4) is 0 Å². The van der Waals surface area contributed by atoms with E-state index in [1.165, 1.54) is 0 Å². The normalized spacial score (nSPS) is 13.8. The number of carbonyl (C=O) groups excluding carboxylic acids is 1. The molecule has 1 aromatic heterocycles. The molecule has 0 bridgehead atoms. The largest absolute Gasteiger partial charge is 0.495 e. The molecule has 168 valence electrons. The van der Waals surface area contributed by atoms with E-state index >= 15 is 0 Å². The first-order valence-corrected chi connectivity index (χ1v) is 11.2. The van der Waals surface area contributed by atoms with E-state index in [9.17, 15) is 4.79 Å². The molecule has 7 heteroatoms. The Kier molecular flexibility index (Phi) is 6.94. The van der Waals surface area contributed by atoms with Crippen LogP contribution in [-0.4, -0.2) is 60.9 Å². The highest BCUT2D eigenvalue weighted by atomic mass is 16.5. The van der Waals surface area contributed by atoms with Gasteiger partial charge in [-0.2, -0.15) is 5.10 Å². The molecule has 1 amide bonds. The minimum atomic E-state index is -0.0344. The van der Waals surface area contributed by atoms with Gasteiger partial charge in [0, 0.05) is 31.7 Å². The fraction of sp³-hybridized carbons (Fsp3) is 0.360. The first kappa shape index (κ1) is 21.7. The van der Waals surface area contributed by atoms with E-state index in [0.717, 1.165) is 48.7 Å². The molecular formula is C25H30N4O3. The molecule has 0 atom stereocenters. The highest BCUT2D eigenvalue weighted by Gasteiger charge is 2.25. The monoisotopic (exact) mass is 434 g/mol. The molecule has 1 saturated heterocycles.